The molecule has 0 fully saturated rings. The Morgan fingerprint density at radius 3 is 1.76 bits per heavy atom. The first-order chi connectivity index (χ1) is 14.3. The highest BCUT2D eigenvalue weighted by atomic mass is 79.9. The largest absolute Gasteiger partial charge is 0.462 e. The number of halogens is 1. The van der Waals surface area contributed by atoms with E-state index in [1.807, 2.05) is 60.7 Å². The fourth-order valence-corrected chi connectivity index (χ4v) is 3.54. The van der Waals surface area contributed by atoms with Crippen molar-refractivity contribution in [2.75, 3.05) is 16.8 Å². The summed E-state index contributed by atoms with van der Waals surface area (Å²) < 4.78 is 5.41. The predicted molar refractivity (Wildman–Crippen MR) is 124 cm³/mol. The van der Waals surface area contributed by atoms with Crippen LogP contribution < -0.4 is 4.90 Å². The molecule has 3 nitrogen and oxygen atoms in total. The minimum atomic E-state index is -0.261. The van der Waals surface area contributed by atoms with E-state index < -0.39 is 0 Å². The van der Waals surface area contributed by atoms with Gasteiger partial charge in [0.1, 0.15) is 0 Å². The quantitative estimate of drug-likeness (QED) is 0.184. The number of ether oxygens (including phenoxy) is 1. The van der Waals surface area contributed by atoms with E-state index in [-0.39, 0.29) is 5.97 Å². The Balaban J connectivity index is 1.69. The lowest BCUT2D eigenvalue weighted by atomic mass is 10.1. The van der Waals surface area contributed by atoms with Gasteiger partial charge in [0.05, 0.1) is 12.2 Å². The smallest absolute Gasteiger partial charge is 0.338 e. The van der Waals surface area contributed by atoms with Gasteiger partial charge in [-0.25, -0.2) is 4.79 Å². The molecule has 0 saturated carbocycles. The lowest BCUT2D eigenvalue weighted by molar-refractivity contribution is 0.0498. The maximum absolute atomic E-state index is 12.3. The minimum Gasteiger partial charge on any atom is -0.462 e. The van der Waals surface area contributed by atoms with Gasteiger partial charge >= 0.3 is 5.97 Å². The summed E-state index contributed by atoms with van der Waals surface area (Å²) in [6.07, 6.45) is 4.31. The Morgan fingerprint density at radius 1 is 0.690 bits per heavy atom. The van der Waals surface area contributed by atoms with Crippen LogP contribution in [0.1, 0.15) is 36.0 Å². The van der Waals surface area contributed by atoms with Gasteiger partial charge in [0.15, 0.2) is 0 Å². The first kappa shape index (κ1) is 21.1. The summed E-state index contributed by atoms with van der Waals surface area (Å²) in [6, 6.07) is 28.0. The van der Waals surface area contributed by atoms with Crippen molar-refractivity contribution in [1.29, 1.82) is 0 Å². The molecule has 0 aromatic heterocycles. The number of anilines is 3. The molecule has 3 aromatic rings. The highest BCUT2D eigenvalue weighted by molar-refractivity contribution is 9.09. The molecule has 0 saturated heterocycles. The number of unbranched alkanes of at least 4 members (excludes halogenated alkanes) is 3. The molecule has 0 unspecified atom stereocenters. The van der Waals surface area contributed by atoms with Crippen molar-refractivity contribution in [1.82, 2.24) is 0 Å². The lowest BCUT2D eigenvalue weighted by Gasteiger charge is -2.25. The number of carbonyl (C=O) groups is 1. The zero-order valence-corrected chi connectivity index (χ0v) is 18.1. The second-order valence-electron chi connectivity index (χ2n) is 6.79. The van der Waals surface area contributed by atoms with Crippen molar-refractivity contribution in [3.05, 3.63) is 90.5 Å². The molecule has 0 aliphatic rings. The van der Waals surface area contributed by atoms with Crippen LogP contribution in [0.5, 0.6) is 0 Å². The van der Waals surface area contributed by atoms with Gasteiger partial charge in [0.25, 0.3) is 0 Å². The van der Waals surface area contributed by atoms with Crippen LogP contribution in [-0.4, -0.2) is 17.9 Å². The van der Waals surface area contributed by atoms with Crippen LogP contribution in [-0.2, 0) is 4.74 Å². The Kier molecular flexibility index (Phi) is 8.32. The second kappa shape index (κ2) is 11.4. The van der Waals surface area contributed by atoms with E-state index in [2.05, 4.69) is 45.1 Å². The summed E-state index contributed by atoms with van der Waals surface area (Å²) in [5.74, 6) is -0.261. The Bertz CT molecular complexity index is 827. The highest BCUT2D eigenvalue weighted by Gasteiger charge is 2.13. The van der Waals surface area contributed by atoms with Crippen LogP contribution in [0.25, 0.3) is 0 Å². The zero-order chi connectivity index (χ0) is 20.3. The van der Waals surface area contributed by atoms with Gasteiger partial charge in [-0.1, -0.05) is 65.2 Å². The van der Waals surface area contributed by atoms with Crippen LogP contribution in [0.2, 0.25) is 0 Å². The second-order valence-corrected chi connectivity index (χ2v) is 7.59. The third-order valence-corrected chi connectivity index (χ3v) is 5.21. The van der Waals surface area contributed by atoms with Gasteiger partial charge in [0.2, 0.25) is 0 Å². The summed E-state index contributed by atoms with van der Waals surface area (Å²) >= 11 is 3.43. The molecule has 0 aliphatic heterocycles. The maximum Gasteiger partial charge on any atom is 0.338 e. The Labute approximate surface area is 181 Å². The molecule has 29 heavy (non-hydrogen) atoms. The Morgan fingerprint density at radius 2 is 1.21 bits per heavy atom. The van der Waals surface area contributed by atoms with Crippen molar-refractivity contribution in [2.45, 2.75) is 25.7 Å². The number of rotatable bonds is 10. The van der Waals surface area contributed by atoms with Gasteiger partial charge < -0.3 is 9.64 Å². The average molecular weight is 452 g/mol. The Hall–Kier alpha value is -2.59. The van der Waals surface area contributed by atoms with E-state index in [0.717, 1.165) is 48.1 Å². The van der Waals surface area contributed by atoms with Crippen LogP contribution >= 0.6 is 15.9 Å². The van der Waals surface area contributed by atoms with Crippen molar-refractivity contribution in [3.8, 4) is 0 Å². The van der Waals surface area contributed by atoms with Crippen molar-refractivity contribution in [2.24, 2.45) is 0 Å². The van der Waals surface area contributed by atoms with Crippen LogP contribution in [0.3, 0.4) is 0 Å². The first-order valence-corrected chi connectivity index (χ1v) is 11.1. The van der Waals surface area contributed by atoms with Gasteiger partial charge in [-0.15, -0.1) is 0 Å². The number of alkyl halides is 1. The SMILES string of the molecule is O=C(OCCCCCCBr)c1ccc(N(c2ccccc2)c2ccccc2)cc1. The minimum absolute atomic E-state index is 0.261. The number of esters is 1. The monoisotopic (exact) mass is 451 g/mol. The molecule has 4 heteroatoms. The lowest BCUT2D eigenvalue weighted by Crippen LogP contribution is -2.11. The molecule has 150 valence electrons. The topological polar surface area (TPSA) is 29.5 Å². The van der Waals surface area contributed by atoms with E-state index in [1.165, 1.54) is 0 Å². The molecular formula is C25H26BrNO2. The molecule has 0 N–H and O–H groups in total. The number of hydrogen-bond donors (Lipinski definition) is 0. The maximum atomic E-state index is 12.3. The molecule has 0 heterocycles. The average Bonchev–Trinajstić information content (AvgIpc) is 2.78. The summed E-state index contributed by atoms with van der Waals surface area (Å²) in [7, 11) is 0. The number of benzene rings is 3. The van der Waals surface area contributed by atoms with Gasteiger partial charge in [-0.3, -0.25) is 0 Å². The fraction of sp³-hybridized carbons (Fsp3) is 0.240. The molecule has 0 bridgehead atoms. The summed E-state index contributed by atoms with van der Waals surface area (Å²) in [5, 5.41) is 1.03. The van der Waals surface area contributed by atoms with Crippen LogP contribution in [0.15, 0.2) is 84.9 Å². The fourth-order valence-electron chi connectivity index (χ4n) is 3.15. The number of nitrogens with zero attached hydrogens (tertiary/aromatic N) is 1. The molecule has 0 atom stereocenters. The summed E-state index contributed by atoms with van der Waals surface area (Å²) in [5.41, 5.74) is 3.71. The van der Waals surface area contributed by atoms with Crippen LogP contribution in [0.4, 0.5) is 17.1 Å². The van der Waals surface area contributed by atoms with Gasteiger partial charge in [-0.05, 0) is 61.4 Å². The molecule has 3 rings (SSSR count). The molecular weight excluding hydrogens is 426 g/mol. The zero-order valence-electron chi connectivity index (χ0n) is 16.5. The number of para-hydroxylation sites is 2. The third kappa shape index (κ3) is 6.20. The molecule has 3 aromatic carbocycles. The van der Waals surface area contributed by atoms with Crippen molar-refractivity contribution >= 4 is 39.0 Å². The molecule has 0 amide bonds. The van der Waals surface area contributed by atoms with E-state index in [4.69, 9.17) is 4.74 Å². The summed E-state index contributed by atoms with van der Waals surface area (Å²) in [6.45, 7) is 0.475. The van der Waals surface area contributed by atoms with E-state index in [9.17, 15) is 4.79 Å². The van der Waals surface area contributed by atoms with Gasteiger partial charge in [0, 0.05) is 22.4 Å². The number of carbonyl (C=O) groups excluding carboxylic acids is 1. The highest BCUT2D eigenvalue weighted by Crippen LogP contribution is 2.34. The predicted octanol–water partition coefficient (Wildman–Crippen LogP) is 7.27. The van der Waals surface area contributed by atoms with Crippen LogP contribution in [0, 0.1) is 0 Å². The first-order valence-electron chi connectivity index (χ1n) is 10.0. The van der Waals surface area contributed by atoms with Crippen molar-refractivity contribution in [3.63, 3.8) is 0 Å². The molecule has 0 radical (unpaired) electrons. The number of hydrogen-bond acceptors (Lipinski definition) is 3. The van der Waals surface area contributed by atoms with E-state index in [1.54, 1.807) is 0 Å². The van der Waals surface area contributed by atoms with Crippen molar-refractivity contribution < 1.29 is 9.53 Å². The standard InChI is InChI=1S/C25H26BrNO2/c26-19-9-1-2-10-20-29-25(28)21-15-17-24(18-16-21)27(22-11-5-3-6-12-22)23-13-7-4-8-14-23/h3-8,11-18H,1-2,9-10,19-20H2. The normalized spacial score (nSPS) is 10.5. The third-order valence-electron chi connectivity index (χ3n) is 4.65. The van der Waals surface area contributed by atoms with E-state index in [0.29, 0.717) is 12.2 Å². The van der Waals surface area contributed by atoms with E-state index >= 15 is 0 Å². The molecule has 0 spiro atoms. The molecule has 0 aliphatic carbocycles. The summed E-state index contributed by atoms with van der Waals surface area (Å²) in [4.78, 5) is 14.5. The van der Waals surface area contributed by atoms with Gasteiger partial charge in [-0.2, -0.15) is 0 Å².